The van der Waals surface area contributed by atoms with Gasteiger partial charge in [-0.25, -0.2) is 4.98 Å². The number of aromatic nitrogens is 1. The zero-order valence-corrected chi connectivity index (χ0v) is 18.3. The maximum atomic E-state index is 12.4. The molecule has 0 radical (unpaired) electrons. The number of nitrogens with one attached hydrogen (secondary N) is 2. The Morgan fingerprint density at radius 1 is 1.07 bits per heavy atom. The number of benzene rings is 2. The minimum Gasteiger partial charge on any atom is -0.497 e. The lowest BCUT2D eigenvalue weighted by Gasteiger charge is -2.11. The van der Waals surface area contributed by atoms with Crippen LogP contribution in [0.15, 0.2) is 36.4 Å². The zero-order chi connectivity index (χ0) is 21.7. The smallest absolute Gasteiger partial charge is 0.228 e. The van der Waals surface area contributed by atoms with Crippen LogP contribution in [0.5, 0.6) is 11.5 Å². The average Bonchev–Trinajstić information content (AvgIpc) is 3.13. The molecule has 0 saturated heterocycles. The van der Waals surface area contributed by atoms with Gasteiger partial charge in [-0.15, -0.1) is 0 Å². The first-order chi connectivity index (χ1) is 14.4. The number of hydrogen-bond acceptors (Lipinski definition) is 6. The first-order valence-corrected chi connectivity index (χ1v) is 10.4. The van der Waals surface area contributed by atoms with Crippen molar-refractivity contribution in [3.8, 4) is 11.5 Å². The maximum absolute atomic E-state index is 12.4. The normalized spacial score (nSPS) is 10.8. The van der Waals surface area contributed by atoms with Crippen LogP contribution in [0.3, 0.4) is 0 Å². The van der Waals surface area contributed by atoms with Crippen LogP contribution in [-0.4, -0.2) is 31.0 Å². The van der Waals surface area contributed by atoms with Crippen molar-refractivity contribution >= 4 is 44.2 Å². The lowest BCUT2D eigenvalue weighted by atomic mass is 10.1. The molecule has 30 heavy (non-hydrogen) atoms. The van der Waals surface area contributed by atoms with Crippen LogP contribution >= 0.6 is 11.3 Å². The van der Waals surface area contributed by atoms with E-state index in [9.17, 15) is 9.59 Å². The van der Waals surface area contributed by atoms with E-state index in [1.54, 1.807) is 32.4 Å². The van der Waals surface area contributed by atoms with Gasteiger partial charge in [0.25, 0.3) is 0 Å². The molecule has 3 aromatic rings. The molecule has 1 heterocycles. The first kappa shape index (κ1) is 21.6. The third kappa shape index (κ3) is 5.27. The van der Waals surface area contributed by atoms with E-state index in [1.165, 1.54) is 11.3 Å². The zero-order valence-electron chi connectivity index (χ0n) is 17.4. The topological polar surface area (TPSA) is 89.5 Å². The van der Waals surface area contributed by atoms with Gasteiger partial charge >= 0.3 is 0 Å². The Bertz CT molecular complexity index is 1060. The van der Waals surface area contributed by atoms with Crippen LogP contribution in [0.2, 0.25) is 0 Å². The summed E-state index contributed by atoms with van der Waals surface area (Å²) in [6.07, 6.45) is 0.919. The van der Waals surface area contributed by atoms with Gasteiger partial charge < -0.3 is 20.1 Å². The number of hydrogen-bond donors (Lipinski definition) is 2. The molecule has 0 aliphatic carbocycles. The van der Waals surface area contributed by atoms with E-state index >= 15 is 0 Å². The van der Waals surface area contributed by atoms with Gasteiger partial charge in [-0.1, -0.05) is 31.3 Å². The molecule has 0 atom stereocenters. The fourth-order valence-corrected chi connectivity index (χ4v) is 3.73. The minimum absolute atomic E-state index is 0.0556. The van der Waals surface area contributed by atoms with E-state index in [-0.39, 0.29) is 17.7 Å². The lowest BCUT2D eigenvalue weighted by molar-refractivity contribution is -0.119. The number of rotatable bonds is 8. The molecule has 0 aliphatic rings. The lowest BCUT2D eigenvalue weighted by Crippen LogP contribution is -2.17. The summed E-state index contributed by atoms with van der Waals surface area (Å²) in [6, 6.07) is 11.1. The molecule has 3 rings (SSSR count). The molecule has 0 saturated carbocycles. The molecule has 0 aliphatic heterocycles. The number of aryl methyl sites for hydroxylation is 1. The molecular formula is C22H25N3O4S. The summed E-state index contributed by atoms with van der Waals surface area (Å²) in [7, 11) is 3.13. The van der Waals surface area contributed by atoms with Crippen molar-refractivity contribution in [2.24, 2.45) is 5.92 Å². The Morgan fingerprint density at radius 3 is 2.57 bits per heavy atom. The van der Waals surface area contributed by atoms with Gasteiger partial charge in [-0.2, -0.15) is 0 Å². The van der Waals surface area contributed by atoms with E-state index in [0.29, 0.717) is 35.2 Å². The van der Waals surface area contributed by atoms with Gasteiger partial charge in [0.05, 0.1) is 30.1 Å². The van der Waals surface area contributed by atoms with Crippen molar-refractivity contribution in [1.82, 2.24) is 4.98 Å². The second-order valence-electron chi connectivity index (χ2n) is 7.08. The number of methoxy groups -OCH3 is 2. The Balaban J connectivity index is 1.62. The molecule has 2 amide bonds. The molecule has 0 bridgehead atoms. The highest BCUT2D eigenvalue weighted by atomic mass is 32.1. The van der Waals surface area contributed by atoms with Crippen LogP contribution in [0.4, 0.5) is 10.8 Å². The van der Waals surface area contributed by atoms with Gasteiger partial charge in [-0.3, -0.25) is 9.59 Å². The van der Waals surface area contributed by atoms with Crippen molar-refractivity contribution in [3.05, 3.63) is 42.0 Å². The molecule has 0 spiro atoms. The second kappa shape index (κ2) is 9.58. The number of nitrogens with zero attached hydrogens (tertiary/aromatic N) is 1. The van der Waals surface area contributed by atoms with Crippen LogP contribution < -0.4 is 20.1 Å². The van der Waals surface area contributed by atoms with Crippen LogP contribution in [0, 0.1) is 5.92 Å². The summed E-state index contributed by atoms with van der Waals surface area (Å²) in [4.78, 5) is 28.7. The Kier molecular flexibility index (Phi) is 6.89. The minimum atomic E-state index is -0.104. The van der Waals surface area contributed by atoms with Gasteiger partial charge in [0.2, 0.25) is 11.8 Å². The molecule has 2 N–H and O–H groups in total. The highest BCUT2D eigenvalue weighted by Crippen LogP contribution is 2.30. The molecule has 8 heteroatoms. The van der Waals surface area contributed by atoms with E-state index in [4.69, 9.17) is 9.47 Å². The van der Waals surface area contributed by atoms with E-state index in [1.807, 2.05) is 32.0 Å². The average molecular weight is 428 g/mol. The number of ether oxygens (including phenoxy) is 2. The fourth-order valence-electron chi connectivity index (χ4n) is 2.80. The van der Waals surface area contributed by atoms with Crippen molar-refractivity contribution in [1.29, 1.82) is 0 Å². The molecular weight excluding hydrogens is 402 g/mol. The van der Waals surface area contributed by atoms with Gasteiger partial charge in [-0.05, 0) is 36.2 Å². The van der Waals surface area contributed by atoms with E-state index < -0.39 is 0 Å². The van der Waals surface area contributed by atoms with Crippen LogP contribution in [0.25, 0.3) is 10.2 Å². The first-order valence-electron chi connectivity index (χ1n) is 9.62. The van der Waals surface area contributed by atoms with Crippen LogP contribution in [-0.2, 0) is 16.0 Å². The summed E-state index contributed by atoms with van der Waals surface area (Å²) < 4.78 is 11.5. The highest BCUT2D eigenvalue weighted by Gasteiger charge is 2.12. The summed E-state index contributed by atoms with van der Waals surface area (Å²) in [5, 5.41) is 6.30. The van der Waals surface area contributed by atoms with Crippen LogP contribution in [0.1, 0.15) is 25.8 Å². The van der Waals surface area contributed by atoms with Crippen molar-refractivity contribution < 1.29 is 19.1 Å². The number of amides is 2. The quantitative estimate of drug-likeness (QED) is 0.553. The number of anilines is 2. The third-order valence-electron chi connectivity index (χ3n) is 4.53. The van der Waals surface area contributed by atoms with Crippen molar-refractivity contribution in [2.45, 2.75) is 26.7 Å². The molecule has 7 nitrogen and oxygen atoms in total. The van der Waals surface area contributed by atoms with Crippen molar-refractivity contribution in [3.63, 3.8) is 0 Å². The van der Waals surface area contributed by atoms with Gasteiger partial charge in [0.15, 0.2) is 5.13 Å². The number of thiazole rings is 1. The number of carbonyl (C=O) groups excluding carboxylic acids is 2. The van der Waals surface area contributed by atoms with E-state index in [2.05, 4.69) is 15.6 Å². The summed E-state index contributed by atoms with van der Waals surface area (Å²) in [5.74, 6) is 0.944. The summed E-state index contributed by atoms with van der Waals surface area (Å²) in [6.45, 7) is 3.68. The Labute approximate surface area is 179 Å². The molecule has 0 unspecified atom stereocenters. The third-order valence-corrected chi connectivity index (χ3v) is 5.46. The summed E-state index contributed by atoms with van der Waals surface area (Å²) >= 11 is 1.43. The molecule has 158 valence electrons. The van der Waals surface area contributed by atoms with Gasteiger partial charge in [0.1, 0.15) is 11.5 Å². The highest BCUT2D eigenvalue weighted by molar-refractivity contribution is 7.22. The largest absolute Gasteiger partial charge is 0.497 e. The number of carbonyl (C=O) groups is 2. The Morgan fingerprint density at radius 2 is 1.87 bits per heavy atom. The SMILES string of the molecule is COc1ccc(NC(=O)CCc2ccc3nc(NC(=O)C(C)C)sc3c2)c(OC)c1. The maximum Gasteiger partial charge on any atom is 0.228 e. The standard InChI is InChI=1S/C22H25N3O4S/c1-13(2)21(27)25-22-24-17-8-5-14(11-19(17)30-22)6-10-20(26)23-16-9-7-15(28-3)12-18(16)29-4/h5,7-9,11-13H,6,10H2,1-4H3,(H,23,26)(H,24,25,27). The van der Waals surface area contributed by atoms with Crippen molar-refractivity contribution in [2.75, 3.05) is 24.9 Å². The molecule has 0 fully saturated rings. The van der Waals surface area contributed by atoms with Gasteiger partial charge in [0, 0.05) is 18.4 Å². The fraction of sp³-hybridized carbons (Fsp3) is 0.318. The van der Waals surface area contributed by atoms with E-state index in [0.717, 1.165) is 15.8 Å². The monoisotopic (exact) mass is 427 g/mol. The predicted octanol–water partition coefficient (Wildman–Crippen LogP) is 4.48. The summed E-state index contributed by atoms with van der Waals surface area (Å²) in [5.41, 5.74) is 2.46. The Hall–Kier alpha value is -3.13. The molecule has 1 aromatic heterocycles. The second-order valence-corrected chi connectivity index (χ2v) is 8.11. The molecule has 2 aromatic carbocycles. The number of fused-ring (bicyclic) bond motifs is 1. The predicted molar refractivity (Wildman–Crippen MR) is 120 cm³/mol.